The summed E-state index contributed by atoms with van der Waals surface area (Å²) in [5.41, 5.74) is 5.31. The van der Waals surface area contributed by atoms with Crippen molar-refractivity contribution >= 4 is 29.4 Å². The summed E-state index contributed by atoms with van der Waals surface area (Å²) in [7, 11) is 0. The number of anilines is 3. The number of hydrogen-bond donors (Lipinski definition) is 3. The number of aromatic nitrogens is 1. The number of nitrogens with zero attached hydrogens (tertiary/aromatic N) is 1. The van der Waals surface area contributed by atoms with Gasteiger partial charge in [-0.15, -0.1) is 0 Å². The molecule has 2 amide bonds. The summed E-state index contributed by atoms with van der Waals surface area (Å²) in [5.74, 6) is -0.871. The van der Waals surface area contributed by atoms with Gasteiger partial charge in [-0.25, -0.2) is 19.0 Å². The number of carbonyl (C=O) groups excluding carboxylic acids is 2. The fraction of sp³-hybridized carbons (Fsp3) is 0.316. The molecule has 9 nitrogen and oxygen atoms in total. The van der Waals surface area contributed by atoms with Gasteiger partial charge in [0.1, 0.15) is 11.3 Å². The second-order valence-electron chi connectivity index (χ2n) is 6.79. The van der Waals surface area contributed by atoms with Crippen molar-refractivity contribution in [1.82, 2.24) is 4.98 Å². The number of ether oxygens (including phenoxy) is 3. The van der Waals surface area contributed by atoms with Crippen LogP contribution in [0, 0.1) is 5.82 Å². The molecular formula is C19H23FN4O5. The molecule has 0 saturated carbocycles. The van der Waals surface area contributed by atoms with Gasteiger partial charge in [0.05, 0.1) is 6.61 Å². The van der Waals surface area contributed by atoms with Crippen LogP contribution in [0.1, 0.15) is 27.7 Å². The van der Waals surface area contributed by atoms with E-state index in [1.165, 1.54) is 24.4 Å². The van der Waals surface area contributed by atoms with Crippen molar-refractivity contribution in [1.29, 1.82) is 0 Å². The number of benzene rings is 1. The highest BCUT2D eigenvalue weighted by molar-refractivity contribution is 5.90. The van der Waals surface area contributed by atoms with E-state index in [1.807, 2.05) is 0 Å². The maximum Gasteiger partial charge on any atom is 0.412 e. The van der Waals surface area contributed by atoms with Crippen molar-refractivity contribution in [3.05, 3.63) is 36.3 Å². The van der Waals surface area contributed by atoms with Gasteiger partial charge >= 0.3 is 12.2 Å². The van der Waals surface area contributed by atoms with E-state index in [1.54, 1.807) is 27.7 Å². The monoisotopic (exact) mass is 406 g/mol. The zero-order chi connectivity index (χ0) is 21.6. The maximum absolute atomic E-state index is 14.5. The summed E-state index contributed by atoms with van der Waals surface area (Å²) in [5, 5.41) is 4.84. The molecule has 0 fully saturated rings. The first kappa shape index (κ1) is 21.7. The molecule has 0 saturated heterocycles. The maximum atomic E-state index is 14.5. The highest BCUT2D eigenvalue weighted by Crippen LogP contribution is 2.34. The molecule has 2 aromatic rings. The van der Waals surface area contributed by atoms with Crippen molar-refractivity contribution < 1.29 is 28.2 Å². The van der Waals surface area contributed by atoms with Crippen LogP contribution in [-0.4, -0.2) is 29.4 Å². The normalized spacial score (nSPS) is 10.8. The van der Waals surface area contributed by atoms with Gasteiger partial charge in [-0.2, -0.15) is 0 Å². The van der Waals surface area contributed by atoms with Gasteiger partial charge in [0, 0.05) is 24.0 Å². The van der Waals surface area contributed by atoms with Crippen LogP contribution in [0.25, 0.3) is 0 Å². The van der Waals surface area contributed by atoms with Crippen LogP contribution in [0.5, 0.6) is 11.5 Å². The summed E-state index contributed by atoms with van der Waals surface area (Å²) in [4.78, 5) is 27.3. The van der Waals surface area contributed by atoms with Crippen LogP contribution < -0.4 is 21.1 Å². The van der Waals surface area contributed by atoms with Gasteiger partial charge in [0.15, 0.2) is 23.1 Å². The SMILES string of the molecule is CCOC(=O)Nc1c(Oc2ccc(NC(=O)OC(C)(C)C)cc2F)ccnc1N. The Morgan fingerprint density at radius 3 is 2.48 bits per heavy atom. The second kappa shape index (κ2) is 9.09. The van der Waals surface area contributed by atoms with E-state index < -0.39 is 23.6 Å². The highest BCUT2D eigenvalue weighted by atomic mass is 19.1. The first-order chi connectivity index (χ1) is 13.6. The van der Waals surface area contributed by atoms with Crippen molar-refractivity contribution in [2.45, 2.75) is 33.3 Å². The molecule has 0 aliphatic rings. The lowest BCUT2D eigenvalue weighted by Crippen LogP contribution is -2.27. The number of amides is 2. The largest absolute Gasteiger partial charge is 0.452 e. The van der Waals surface area contributed by atoms with Crippen LogP contribution in [0.15, 0.2) is 30.5 Å². The van der Waals surface area contributed by atoms with Crippen molar-refractivity contribution in [3.8, 4) is 11.5 Å². The molecule has 2 rings (SSSR count). The molecule has 10 heteroatoms. The summed E-state index contributed by atoms with van der Waals surface area (Å²) >= 11 is 0. The van der Waals surface area contributed by atoms with E-state index in [2.05, 4.69) is 15.6 Å². The fourth-order valence-corrected chi connectivity index (χ4v) is 2.14. The minimum absolute atomic E-state index is 0.0285. The molecular weight excluding hydrogens is 383 g/mol. The molecule has 0 unspecified atom stereocenters. The quantitative estimate of drug-likeness (QED) is 0.667. The van der Waals surface area contributed by atoms with E-state index in [0.29, 0.717) is 0 Å². The number of nitrogen functional groups attached to an aromatic ring is 1. The zero-order valence-corrected chi connectivity index (χ0v) is 16.5. The summed E-state index contributed by atoms with van der Waals surface area (Å²) in [6.45, 7) is 6.94. The average Bonchev–Trinajstić information content (AvgIpc) is 2.58. The standard InChI is InChI=1S/C19H23FN4O5/c1-5-27-17(25)24-15-14(8-9-22-16(15)21)28-13-7-6-11(10-12(13)20)23-18(26)29-19(2,3)4/h6-10H,5H2,1-4H3,(H2,21,22)(H,23,26)(H,24,25). The first-order valence-corrected chi connectivity index (χ1v) is 8.74. The molecule has 1 aromatic carbocycles. The Balaban J connectivity index is 2.18. The van der Waals surface area contributed by atoms with Gasteiger partial charge in [0.2, 0.25) is 0 Å². The lowest BCUT2D eigenvalue weighted by molar-refractivity contribution is 0.0636. The number of carbonyl (C=O) groups is 2. The van der Waals surface area contributed by atoms with Crippen LogP contribution in [-0.2, 0) is 9.47 Å². The molecule has 0 bridgehead atoms. The lowest BCUT2D eigenvalue weighted by Gasteiger charge is -2.19. The Bertz CT molecular complexity index is 899. The number of halogens is 1. The van der Waals surface area contributed by atoms with Crippen molar-refractivity contribution in [3.63, 3.8) is 0 Å². The smallest absolute Gasteiger partial charge is 0.412 e. The van der Waals surface area contributed by atoms with Gasteiger partial charge in [0.25, 0.3) is 0 Å². The minimum Gasteiger partial charge on any atom is -0.452 e. The summed E-state index contributed by atoms with van der Waals surface area (Å²) < 4.78 is 29.9. The predicted molar refractivity (Wildman–Crippen MR) is 106 cm³/mol. The third kappa shape index (κ3) is 6.52. The highest BCUT2D eigenvalue weighted by Gasteiger charge is 2.18. The van der Waals surface area contributed by atoms with Gasteiger partial charge in [-0.05, 0) is 39.8 Å². The molecule has 0 spiro atoms. The Morgan fingerprint density at radius 2 is 1.86 bits per heavy atom. The molecule has 0 aliphatic heterocycles. The van der Waals surface area contributed by atoms with E-state index in [4.69, 9.17) is 19.9 Å². The van der Waals surface area contributed by atoms with E-state index in [9.17, 15) is 14.0 Å². The van der Waals surface area contributed by atoms with E-state index >= 15 is 0 Å². The molecule has 0 atom stereocenters. The molecule has 29 heavy (non-hydrogen) atoms. The number of nitrogens with one attached hydrogen (secondary N) is 2. The topological polar surface area (TPSA) is 125 Å². The van der Waals surface area contributed by atoms with Crippen LogP contribution in [0.3, 0.4) is 0 Å². The third-order valence-corrected chi connectivity index (χ3v) is 3.24. The Hall–Kier alpha value is -3.56. The fourth-order valence-electron chi connectivity index (χ4n) is 2.14. The second-order valence-corrected chi connectivity index (χ2v) is 6.79. The molecule has 0 aliphatic carbocycles. The van der Waals surface area contributed by atoms with Gasteiger partial charge in [-0.3, -0.25) is 10.6 Å². The number of rotatable bonds is 5. The van der Waals surface area contributed by atoms with E-state index in [0.717, 1.165) is 6.07 Å². The molecule has 4 N–H and O–H groups in total. The van der Waals surface area contributed by atoms with Crippen LogP contribution in [0.2, 0.25) is 0 Å². The first-order valence-electron chi connectivity index (χ1n) is 8.74. The Kier molecular flexibility index (Phi) is 6.81. The average molecular weight is 406 g/mol. The number of pyridine rings is 1. The van der Waals surface area contributed by atoms with Crippen LogP contribution in [0.4, 0.5) is 31.2 Å². The van der Waals surface area contributed by atoms with Crippen molar-refractivity contribution in [2.24, 2.45) is 0 Å². The molecule has 0 radical (unpaired) electrons. The van der Waals surface area contributed by atoms with E-state index in [-0.39, 0.29) is 35.3 Å². The lowest BCUT2D eigenvalue weighted by atomic mass is 10.2. The van der Waals surface area contributed by atoms with Crippen LogP contribution >= 0.6 is 0 Å². The minimum atomic E-state index is -0.755. The molecule has 156 valence electrons. The Morgan fingerprint density at radius 1 is 1.14 bits per heavy atom. The Labute approximate surface area is 167 Å². The van der Waals surface area contributed by atoms with Gasteiger partial charge < -0.3 is 19.9 Å². The molecule has 1 aromatic heterocycles. The predicted octanol–water partition coefficient (Wildman–Crippen LogP) is 4.51. The van der Waals surface area contributed by atoms with Crippen molar-refractivity contribution in [2.75, 3.05) is 23.0 Å². The van der Waals surface area contributed by atoms with Gasteiger partial charge in [-0.1, -0.05) is 0 Å². The third-order valence-electron chi connectivity index (χ3n) is 3.24. The number of hydrogen-bond acceptors (Lipinski definition) is 7. The summed E-state index contributed by atoms with van der Waals surface area (Å²) in [6.07, 6.45) is -0.125. The summed E-state index contributed by atoms with van der Waals surface area (Å²) in [6, 6.07) is 5.23. The number of nitrogens with two attached hydrogens (primary N) is 1. The molecule has 1 heterocycles. The zero-order valence-electron chi connectivity index (χ0n) is 16.5.